The van der Waals surface area contributed by atoms with Crippen molar-refractivity contribution in [1.82, 2.24) is 0 Å². The number of fused-ring (bicyclic) bond motifs is 6. The highest BCUT2D eigenvalue weighted by Gasteiger charge is 2.53. The van der Waals surface area contributed by atoms with Crippen molar-refractivity contribution >= 4 is 23.6 Å². The third kappa shape index (κ3) is 2.88. The van der Waals surface area contributed by atoms with E-state index in [1.54, 1.807) is 42.5 Å². The Morgan fingerprint density at radius 2 is 1.38 bits per heavy atom. The summed E-state index contributed by atoms with van der Waals surface area (Å²) in [5, 5.41) is 0. The van der Waals surface area contributed by atoms with Gasteiger partial charge in [0.1, 0.15) is 23.0 Å². The molecule has 5 rings (SSSR count). The third-order valence-corrected chi connectivity index (χ3v) is 5.30. The first-order valence-corrected chi connectivity index (χ1v) is 9.75. The van der Waals surface area contributed by atoms with E-state index in [2.05, 4.69) is 0 Å². The fourth-order valence-electron chi connectivity index (χ4n) is 4.16. The van der Waals surface area contributed by atoms with Crippen molar-refractivity contribution in [2.75, 3.05) is 5.73 Å². The van der Waals surface area contributed by atoms with E-state index in [1.165, 1.54) is 26.0 Å². The number of rotatable bonds is 2. The minimum Gasteiger partial charge on any atom is -0.456 e. The number of carbonyl (C=O) groups excluding carboxylic acids is 3. The number of benzene rings is 3. The Hall–Kier alpha value is -4.33. The largest absolute Gasteiger partial charge is 0.456 e. The molecular weight excluding hydrogens is 414 g/mol. The summed E-state index contributed by atoms with van der Waals surface area (Å²) in [6, 6.07) is 14.6. The van der Waals surface area contributed by atoms with Crippen LogP contribution in [-0.4, -0.2) is 17.9 Å². The van der Waals surface area contributed by atoms with Crippen LogP contribution in [0.15, 0.2) is 54.6 Å². The number of ether oxygens (including phenoxy) is 4. The van der Waals surface area contributed by atoms with Crippen LogP contribution in [0.5, 0.6) is 23.0 Å². The summed E-state index contributed by atoms with van der Waals surface area (Å²) in [6.07, 6.45) is 0. The predicted molar refractivity (Wildman–Crippen MR) is 112 cm³/mol. The number of nitrogens with two attached hydrogens (primary N) is 1. The van der Waals surface area contributed by atoms with Crippen molar-refractivity contribution in [1.29, 1.82) is 0 Å². The molecular formula is C24H17NO7. The summed E-state index contributed by atoms with van der Waals surface area (Å²) < 4.78 is 22.5. The smallest absolute Gasteiger partial charge is 0.340 e. The first-order valence-electron chi connectivity index (χ1n) is 9.75. The van der Waals surface area contributed by atoms with Crippen molar-refractivity contribution in [3.63, 3.8) is 0 Å². The lowest BCUT2D eigenvalue weighted by Gasteiger charge is -2.36. The first-order chi connectivity index (χ1) is 15.3. The summed E-state index contributed by atoms with van der Waals surface area (Å²) in [5.74, 6) is -0.311. The topological polar surface area (TPSA) is 114 Å². The standard InChI is InChI=1S/C24H17NO7/c1-12(26)29-15-4-7-18-21(10-15)31-22-11-16(30-13(2)27)5-8-19(22)24(18)20-9-14(25)3-6-17(20)23(28)32-24/h3-11H,25H2,1-2H3. The Morgan fingerprint density at radius 1 is 0.812 bits per heavy atom. The summed E-state index contributed by atoms with van der Waals surface area (Å²) in [7, 11) is 0. The van der Waals surface area contributed by atoms with Crippen LogP contribution in [0.4, 0.5) is 5.69 Å². The Morgan fingerprint density at radius 3 is 1.91 bits per heavy atom. The lowest BCUT2D eigenvalue weighted by Crippen LogP contribution is -2.33. The molecule has 160 valence electrons. The van der Waals surface area contributed by atoms with Crippen molar-refractivity contribution in [3.05, 3.63) is 76.9 Å². The van der Waals surface area contributed by atoms with Crippen molar-refractivity contribution in [3.8, 4) is 23.0 Å². The molecule has 2 aliphatic heterocycles. The van der Waals surface area contributed by atoms with E-state index in [0.717, 1.165) is 0 Å². The molecule has 0 atom stereocenters. The van der Waals surface area contributed by atoms with E-state index >= 15 is 0 Å². The summed E-state index contributed by atoms with van der Waals surface area (Å²) in [6.45, 7) is 2.58. The van der Waals surface area contributed by atoms with Crippen LogP contribution in [0.2, 0.25) is 0 Å². The Bertz CT molecular complexity index is 1260. The molecule has 1 spiro atoms. The molecule has 0 saturated carbocycles. The second kappa shape index (κ2) is 6.84. The van der Waals surface area contributed by atoms with E-state index in [0.29, 0.717) is 39.4 Å². The molecule has 2 heterocycles. The van der Waals surface area contributed by atoms with Gasteiger partial charge in [-0.15, -0.1) is 0 Å². The monoisotopic (exact) mass is 431 g/mol. The highest BCUT2D eigenvalue weighted by Crippen LogP contribution is 2.57. The molecule has 0 aliphatic carbocycles. The molecule has 0 fully saturated rings. The van der Waals surface area contributed by atoms with Gasteiger partial charge in [0.2, 0.25) is 0 Å². The van der Waals surface area contributed by atoms with Gasteiger partial charge in [-0.3, -0.25) is 9.59 Å². The molecule has 0 amide bonds. The van der Waals surface area contributed by atoms with Gasteiger partial charge in [-0.1, -0.05) is 0 Å². The number of esters is 3. The fourth-order valence-corrected chi connectivity index (χ4v) is 4.16. The maximum Gasteiger partial charge on any atom is 0.340 e. The number of nitrogen functional groups attached to an aromatic ring is 1. The molecule has 2 N–H and O–H groups in total. The van der Waals surface area contributed by atoms with E-state index in [-0.39, 0.29) is 11.5 Å². The lowest BCUT2D eigenvalue weighted by molar-refractivity contribution is -0.132. The van der Waals surface area contributed by atoms with Crippen LogP contribution >= 0.6 is 0 Å². The van der Waals surface area contributed by atoms with E-state index in [9.17, 15) is 14.4 Å². The number of anilines is 1. The molecule has 3 aromatic carbocycles. The zero-order chi connectivity index (χ0) is 22.6. The lowest BCUT2D eigenvalue weighted by atomic mass is 9.77. The fraction of sp³-hybridized carbons (Fsp3) is 0.125. The van der Waals surface area contributed by atoms with Crippen LogP contribution in [0.25, 0.3) is 0 Å². The second-order valence-corrected chi connectivity index (χ2v) is 7.48. The van der Waals surface area contributed by atoms with E-state index < -0.39 is 23.5 Å². The zero-order valence-electron chi connectivity index (χ0n) is 17.1. The Balaban J connectivity index is 1.78. The van der Waals surface area contributed by atoms with Gasteiger partial charge < -0.3 is 24.7 Å². The van der Waals surface area contributed by atoms with E-state index in [4.69, 9.17) is 24.7 Å². The van der Waals surface area contributed by atoms with Gasteiger partial charge in [0.25, 0.3) is 0 Å². The molecule has 8 heteroatoms. The van der Waals surface area contributed by atoms with Gasteiger partial charge >= 0.3 is 17.9 Å². The molecule has 32 heavy (non-hydrogen) atoms. The van der Waals surface area contributed by atoms with Crippen molar-refractivity contribution < 1.29 is 33.3 Å². The van der Waals surface area contributed by atoms with Gasteiger partial charge in [-0.2, -0.15) is 0 Å². The molecule has 8 nitrogen and oxygen atoms in total. The van der Waals surface area contributed by atoms with Gasteiger partial charge in [-0.25, -0.2) is 4.79 Å². The molecule has 2 aliphatic rings. The van der Waals surface area contributed by atoms with Crippen LogP contribution in [0.1, 0.15) is 40.9 Å². The van der Waals surface area contributed by atoms with Crippen LogP contribution in [0.3, 0.4) is 0 Å². The average Bonchev–Trinajstić information content (AvgIpc) is 2.99. The van der Waals surface area contributed by atoms with Gasteiger partial charge in [0.05, 0.1) is 5.56 Å². The van der Waals surface area contributed by atoms with Crippen LogP contribution in [0, 0.1) is 0 Å². The number of hydrogen-bond donors (Lipinski definition) is 1. The third-order valence-electron chi connectivity index (χ3n) is 5.30. The summed E-state index contributed by atoms with van der Waals surface area (Å²) >= 11 is 0. The minimum atomic E-state index is -1.34. The molecule has 3 aromatic rings. The average molecular weight is 431 g/mol. The van der Waals surface area contributed by atoms with Gasteiger partial charge in [-0.05, 0) is 42.5 Å². The molecule has 0 saturated heterocycles. The maximum absolute atomic E-state index is 12.9. The Kier molecular flexibility index (Phi) is 4.20. The predicted octanol–water partition coefficient (Wildman–Crippen LogP) is 3.69. The molecule has 0 unspecified atom stereocenters. The minimum absolute atomic E-state index is 0.267. The van der Waals surface area contributed by atoms with E-state index in [1.807, 2.05) is 0 Å². The zero-order valence-corrected chi connectivity index (χ0v) is 17.1. The van der Waals surface area contributed by atoms with Gasteiger partial charge in [0.15, 0.2) is 5.60 Å². The van der Waals surface area contributed by atoms with Crippen LogP contribution < -0.4 is 19.9 Å². The summed E-state index contributed by atoms with van der Waals surface area (Å²) in [5.41, 5.74) is 7.20. The SMILES string of the molecule is CC(=O)Oc1ccc2c(c1)Oc1cc(OC(C)=O)ccc1C21OC(=O)c2ccc(N)cc21. The van der Waals surface area contributed by atoms with Crippen LogP contribution in [-0.2, 0) is 19.9 Å². The van der Waals surface area contributed by atoms with Crippen molar-refractivity contribution in [2.24, 2.45) is 0 Å². The quantitative estimate of drug-likeness (QED) is 0.371. The van der Waals surface area contributed by atoms with Gasteiger partial charge in [0, 0.05) is 48.4 Å². The van der Waals surface area contributed by atoms with Crippen molar-refractivity contribution in [2.45, 2.75) is 19.4 Å². The highest BCUT2D eigenvalue weighted by molar-refractivity contribution is 5.97. The second-order valence-electron chi connectivity index (χ2n) is 7.48. The molecule has 0 aromatic heterocycles. The normalized spacial score (nSPS) is 14.5. The first kappa shape index (κ1) is 19.6. The number of carbonyl (C=O) groups is 3. The number of hydrogen-bond acceptors (Lipinski definition) is 8. The molecule has 0 bridgehead atoms. The summed E-state index contributed by atoms with van der Waals surface area (Å²) in [4.78, 5) is 35.7. The highest BCUT2D eigenvalue weighted by atomic mass is 16.6. The Labute approximate surface area is 182 Å². The molecule has 0 radical (unpaired) electrons. The maximum atomic E-state index is 12.9.